The molecule has 0 saturated carbocycles. The average molecular weight is 316 g/mol. The Bertz CT molecular complexity index is 593. The summed E-state index contributed by atoms with van der Waals surface area (Å²) >= 11 is 0. The van der Waals surface area contributed by atoms with Crippen molar-refractivity contribution in [3.8, 4) is 5.75 Å². The van der Waals surface area contributed by atoms with Crippen LogP contribution in [0.2, 0.25) is 0 Å². The molecule has 1 fully saturated rings. The molecule has 0 aromatic heterocycles. The molecule has 4 atom stereocenters. The quantitative estimate of drug-likeness (QED) is 0.471. The lowest BCUT2D eigenvalue weighted by Gasteiger charge is -2.16. The second-order valence-electron chi connectivity index (χ2n) is 4.49. The fourth-order valence-electron chi connectivity index (χ4n) is 1.95. The highest BCUT2D eigenvalue weighted by molar-refractivity contribution is 5.53. The predicted molar refractivity (Wildman–Crippen MR) is 68.1 cm³/mol. The van der Waals surface area contributed by atoms with Crippen LogP contribution in [0.5, 0.6) is 5.75 Å². The number of nitro groups is 2. The van der Waals surface area contributed by atoms with Gasteiger partial charge in [0.15, 0.2) is 0 Å². The molecule has 22 heavy (non-hydrogen) atoms. The van der Waals surface area contributed by atoms with E-state index in [-0.39, 0.29) is 5.75 Å². The standard InChI is InChI=1S/C11H12N2O9/c14-4-8-9(15)10(16)11(22-8)21-7-2-1-5(12(17)18)3-6(7)13(19)20/h1-3,8-11,14-16H,4H2/t8-,9-,10+,11+/m0/s1. The lowest BCUT2D eigenvalue weighted by molar-refractivity contribution is -0.395. The number of rotatable bonds is 5. The zero-order chi connectivity index (χ0) is 16.4. The summed E-state index contributed by atoms with van der Waals surface area (Å²) in [5, 5.41) is 49.8. The maximum Gasteiger partial charge on any atom is 0.317 e. The van der Waals surface area contributed by atoms with Gasteiger partial charge in [-0.05, 0) is 6.07 Å². The highest BCUT2D eigenvalue weighted by Crippen LogP contribution is 2.34. The Morgan fingerprint density at radius 2 is 1.86 bits per heavy atom. The number of nitro benzene ring substituents is 2. The molecule has 11 heteroatoms. The normalized spacial score (nSPS) is 27.6. The summed E-state index contributed by atoms with van der Waals surface area (Å²) in [6.07, 6.45) is -5.51. The van der Waals surface area contributed by atoms with E-state index in [9.17, 15) is 30.4 Å². The van der Waals surface area contributed by atoms with E-state index in [1.165, 1.54) is 0 Å². The molecule has 120 valence electrons. The van der Waals surface area contributed by atoms with Gasteiger partial charge < -0.3 is 24.8 Å². The first-order valence-electron chi connectivity index (χ1n) is 6.07. The van der Waals surface area contributed by atoms with E-state index in [1.54, 1.807) is 0 Å². The smallest absolute Gasteiger partial charge is 0.317 e. The largest absolute Gasteiger partial charge is 0.455 e. The third-order valence-electron chi connectivity index (χ3n) is 3.09. The van der Waals surface area contributed by atoms with Crippen molar-refractivity contribution < 1.29 is 34.6 Å². The molecular weight excluding hydrogens is 304 g/mol. The van der Waals surface area contributed by atoms with Crippen molar-refractivity contribution in [3.63, 3.8) is 0 Å². The monoisotopic (exact) mass is 316 g/mol. The average Bonchev–Trinajstić information content (AvgIpc) is 2.75. The summed E-state index contributed by atoms with van der Waals surface area (Å²) in [7, 11) is 0. The Hall–Kier alpha value is -2.34. The predicted octanol–water partition coefficient (Wildman–Crippen LogP) is -0.679. The van der Waals surface area contributed by atoms with Crippen molar-refractivity contribution in [1.29, 1.82) is 0 Å². The minimum absolute atomic E-state index is 0.370. The number of benzene rings is 1. The molecule has 0 bridgehead atoms. The van der Waals surface area contributed by atoms with Gasteiger partial charge in [-0.25, -0.2) is 0 Å². The topological polar surface area (TPSA) is 165 Å². The van der Waals surface area contributed by atoms with Crippen molar-refractivity contribution in [1.82, 2.24) is 0 Å². The molecule has 1 saturated heterocycles. The van der Waals surface area contributed by atoms with Crippen LogP contribution < -0.4 is 4.74 Å². The van der Waals surface area contributed by atoms with E-state index >= 15 is 0 Å². The summed E-state index contributed by atoms with van der Waals surface area (Å²) in [6, 6.07) is 2.69. The third-order valence-corrected chi connectivity index (χ3v) is 3.09. The molecule has 0 aliphatic carbocycles. The number of ether oxygens (including phenoxy) is 2. The van der Waals surface area contributed by atoms with Gasteiger partial charge >= 0.3 is 5.69 Å². The summed E-state index contributed by atoms with van der Waals surface area (Å²) in [4.78, 5) is 19.9. The number of hydrogen-bond donors (Lipinski definition) is 3. The van der Waals surface area contributed by atoms with Crippen LogP contribution in [-0.4, -0.2) is 56.4 Å². The van der Waals surface area contributed by atoms with Crippen molar-refractivity contribution in [3.05, 3.63) is 38.4 Å². The number of aliphatic hydroxyl groups is 3. The molecular formula is C11H12N2O9. The van der Waals surface area contributed by atoms with E-state index in [0.29, 0.717) is 6.07 Å². The molecule has 0 unspecified atom stereocenters. The molecule has 3 N–H and O–H groups in total. The summed E-state index contributed by atoms with van der Waals surface area (Å²) in [5.74, 6) is -0.370. The number of hydrogen-bond acceptors (Lipinski definition) is 9. The molecule has 0 amide bonds. The number of non-ortho nitro benzene ring substituents is 1. The second-order valence-corrected chi connectivity index (χ2v) is 4.49. The lowest BCUT2D eigenvalue weighted by atomic mass is 10.1. The first-order chi connectivity index (χ1) is 10.3. The van der Waals surface area contributed by atoms with Crippen LogP contribution >= 0.6 is 0 Å². The van der Waals surface area contributed by atoms with Crippen LogP contribution in [0.15, 0.2) is 18.2 Å². The molecule has 1 aromatic carbocycles. The van der Waals surface area contributed by atoms with E-state index in [1.807, 2.05) is 0 Å². The summed E-state index contributed by atoms with van der Waals surface area (Å²) in [6.45, 7) is -0.583. The minimum atomic E-state index is -1.54. The van der Waals surface area contributed by atoms with Gasteiger partial charge in [0.05, 0.1) is 22.5 Å². The van der Waals surface area contributed by atoms with Gasteiger partial charge in [0.25, 0.3) is 5.69 Å². The van der Waals surface area contributed by atoms with Gasteiger partial charge in [-0.2, -0.15) is 0 Å². The zero-order valence-electron chi connectivity index (χ0n) is 10.9. The van der Waals surface area contributed by atoms with Crippen LogP contribution in [0.1, 0.15) is 0 Å². The molecule has 1 aliphatic rings. The van der Waals surface area contributed by atoms with Gasteiger partial charge in [0.2, 0.25) is 12.0 Å². The summed E-state index contributed by atoms with van der Waals surface area (Å²) < 4.78 is 10.1. The van der Waals surface area contributed by atoms with Crippen LogP contribution in [0.3, 0.4) is 0 Å². The van der Waals surface area contributed by atoms with Crippen molar-refractivity contribution in [2.24, 2.45) is 0 Å². The molecule has 1 aliphatic heterocycles. The maximum absolute atomic E-state index is 10.9. The van der Waals surface area contributed by atoms with Crippen LogP contribution in [0.25, 0.3) is 0 Å². The first kappa shape index (κ1) is 16.0. The molecule has 0 spiro atoms. The first-order valence-corrected chi connectivity index (χ1v) is 6.07. The molecule has 2 rings (SSSR count). The summed E-state index contributed by atoms with van der Waals surface area (Å²) in [5.41, 5.74) is -1.19. The molecule has 1 aromatic rings. The van der Waals surface area contributed by atoms with Gasteiger partial charge in [-0.3, -0.25) is 20.2 Å². The molecule has 1 heterocycles. The van der Waals surface area contributed by atoms with Gasteiger partial charge in [-0.15, -0.1) is 0 Å². The Morgan fingerprint density at radius 1 is 1.18 bits per heavy atom. The number of aliphatic hydroxyl groups excluding tert-OH is 3. The van der Waals surface area contributed by atoms with Gasteiger partial charge in [-0.1, -0.05) is 0 Å². The van der Waals surface area contributed by atoms with E-state index in [2.05, 4.69) is 0 Å². The van der Waals surface area contributed by atoms with Gasteiger partial charge in [0.1, 0.15) is 18.3 Å². The van der Waals surface area contributed by atoms with Crippen LogP contribution in [-0.2, 0) is 4.74 Å². The Morgan fingerprint density at radius 3 is 2.36 bits per heavy atom. The molecule has 0 radical (unpaired) electrons. The maximum atomic E-state index is 10.9. The van der Waals surface area contributed by atoms with Crippen LogP contribution in [0, 0.1) is 20.2 Å². The highest BCUT2D eigenvalue weighted by atomic mass is 16.7. The second kappa shape index (κ2) is 6.19. The van der Waals surface area contributed by atoms with Crippen molar-refractivity contribution >= 4 is 11.4 Å². The van der Waals surface area contributed by atoms with E-state index < -0.39 is 52.4 Å². The van der Waals surface area contributed by atoms with Gasteiger partial charge in [0, 0.05) is 6.07 Å². The van der Waals surface area contributed by atoms with Crippen LogP contribution in [0.4, 0.5) is 11.4 Å². The van der Waals surface area contributed by atoms with E-state index in [0.717, 1.165) is 12.1 Å². The minimum Gasteiger partial charge on any atom is -0.455 e. The SMILES string of the molecule is O=[N+]([O-])c1ccc(O[C@@H]2O[C@@H](CO)[C@H](O)[C@H]2O)c([N+](=O)[O-])c1. The molecule has 11 nitrogen and oxygen atoms in total. The Kier molecular flexibility index (Phi) is 4.51. The third kappa shape index (κ3) is 2.96. The number of nitrogens with zero attached hydrogens (tertiary/aromatic N) is 2. The Labute approximate surface area is 122 Å². The lowest BCUT2D eigenvalue weighted by Crippen LogP contribution is -2.35. The fraction of sp³-hybridized carbons (Fsp3) is 0.455. The fourth-order valence-corrected chi connectivity index (χ4v) is 1.95. The van der Waals surface area contributed by atoms with E-state index in [4.69, 9.17) is 14.6 Å². The highest BCUT2D eigenvalue weighted by Gasteiger charge is 2.44. The van der Waals surface area contributed by atoms with Crippen molar-refractivity contribution in [2.75, 3.05) is 6.61 Å². The van der Waals surface area contributed by atoms with Crippen molar-refractivity contribution in [2.45, 2.75) is 24.6 Å². The zero-order valence-corrected chi connectivity index (χ0v) is 10.9. The Balaban J connectivity index is 2.26.